The highest BCUT2D eigenvalue weighted by molar-refractivity contribution is 5.69. The summed E-state index contributed by atoms with van der Waals surface area (Å²) in [5.41, 5.74) is 0. The summed E-state index contributed by atoms with van der Waals surface area (Å²) in [4.78, 5) is 10.7. The second kappa shape index (κ2) is 5.22. The molecule has 1 saturated carbocycles. The first kappa shape index (κ1) is 10.5. The van der Waals surface area contributed by atoms with Crippen molar-refractivity contribution in [2.24, 2.45) is 11.8 Å². The summed E-state index contributed by atoms with van der Waals surface area (Å²) in [6.07, 6.45) is 3.88. The van der Waals surface area contributed by atoms with Gasteiger partial charge in [-0.3, -0.25) is 4.79 Å². The van der Waals surface area contributed by atoms with Crippen molar-refractivity contribution in [2.75, 3.05) is 13.1 Å². The zero-order valence-corrected chi connectivity index (χ0v) is 8.25. The second-order valence-corrected chi connectivity index (χ2v) is 3.86. The van der Waals surface area contributed by atoms with Gasteiger partial charge in [0.1, 0.15) is 0 Å². The van der Waals surface area contributed by atoms with Crippen LogP contribution >= 0.6 is 0 Å². The molecule has 0 bridgehead atoms. The molecule has 0 radical (unpaired) electrons. The first-order valence-electron chi connectivity index (χ1n) is 5.17. The van der Waals surface area contributed by atoms with Crippen LogP contribution in [0.2, 0.25) is 0 Å². The Morgan fingerprint density at radius 3 is 2.46 bits per heavy atom. The molecule has 0 aromatic carbocycles. The fourth-order valence-electron chi connectivity index (χ4n) is 1.96. The number of aliphatic carboxylic acids is 1. The van der Waals surface area contributed by atoms with E-state index >= 15 is 0 Å². The minimum absolute atomic E-state index is 0.0714. The van der Waals surface area contributed by atoms with Crippen LogP contribution < -0.4 is 5.32 Å². The summed E-state index contributed by atoms with van der Waals surface area (Å²) in [6, 6.07) is 0. The lowest BCUT2D eigenvalue weighted by Gasteiger charge is -2.25. The third-order valence-corrected chi connectivity index (χ3v) is 2.88. The van der Waals surface area contributed by atoms with Crippen LogP contribution in [0.5, 0.6) is 0 Å². The largest absolute Gasteiger partial charge is 0.481 e. The van der Waals surface area contributed by atoms with E-state index in [1.54, 1.807) is 0 Å². The molecule has 3 heteroatoms. The van der Waals surface area contributed by atoms with Crippen LogP contribution in [0.15, 0.2) is 0 Å². The maximum Gasteiger partial charge on any atom is 0.306 e. The lowest BCUT2D eigenvalue weighted by atomic mass is 9.82. The molecule has 0 spiro atoms. The van der Waals surface area contributed by atoms with E-state index in [2.05, 4.69) is 12.2 Å². The highest BCUT2D eigenvalue weighted by Crippen LogP contribution is 2.28. The molecular formula is C10H19NO2. The smallest absolute Gasteiger partial charge is 0.306 e. The third kappa shape index (κ3) is 3.35. The fraction of sp³-hybridized carbons (Fsp3) is 0.900. The van der Waals surface area contributed by atoms with Crippen LogP contribution in [0.1, 0.15) is 32.6 Å². The lowest BCUT2D eigenvalue weighted by Crippen LogP contribution is -2.28. The Hall–Kier alpha value is -0.570. The maximum atomic E-state index is 10.7. The van der Waals surface area contributed by atoms with E-state index in [1.165, 1.54) is 0 Å². The minimum Gasteiger partial charge on any atom is -0.481 e. The highest BCUT2D eigenvalue weighted by Gasteiger charge is 2.25. The Kier molecular flexibility index (Phi) is 4.22. The number of carboxylic acid groups (broad SMARTS) is 1. The van der Waals surface area contributed by atoms with Gasteiger partial charge in [0.25, 0.3) is 0 Å². The molecule has 76 valence electrons. The van der Waals surface area contributed by atoms with Gasteiger partial charge in [0, 0.05) is 0 Å². The molecule has 0 unspecified atom stereocenters. The zero-order valence-electron chi connectivity index (χ0n) is 8.25. The van der Waals surface area contributed by atoms with Crippen molar-refractivity contribution >= 4 is 5.97 Å². The van der Waals surface area contributed by atoms with Crippen LogP contribution in [0.4, 0.5) is 0 Å². The average molecular weight is 185 g/mol. The predicted molar refractivity (Wildman–Crippen MR) is 51.6 cm³/mol. The summed E-state index contributed by atoms with van der Waals surface area (Å²) < 4.78 is 0. The predicted octanol–water partition coefficient (Wildman–Crippen LogP) is 1.49. The fourth-order valence-corrected chi connectivity index (χ4v) is 1.96. The van der Waals surface area contributed by atoms with Crippen molar-refractivity contribution in [3.63, 3.8) is 0 Å². The molecule has 3 nitrogen and oxygen atoms in total. The molecule has 0 aliphatic heterocycles. The van der Waals surface area contributed by atoms with Crippen molar-refractivity contribution in [3.8, 4) is 0 Å². The Balaban J connectivity index is 2.18. The third-order valence-electron chi connectivity index (χ3n) is 2.88. The van der Waals surface area contributed by atoms with E-state index < -0.39 is 5.97 Å². The topological polar surface area (TPSA) is 49.3 Å². The maximum absolute atomic E-state index is 10.7. The summed E-state index contributed by atoms with van der Waals surface area (Å²) in [5.74, 6) is 0.0235. The van der Waals surface area contributed by atoms with Gasteiger partial charge >= 0.3 is 5.97 Å². The van der Waals surface area contributed by atoms with Gasteiger partial charge < -0.3 is 10.4 Å². The quantitative estimate of drug-likeness (QED) is 0.697. The second-order valence-electron chi connectivity index (χ2n) is 3.86. The van der Waals surface area contributed by atoms with Crippen LogP contribution in [-0.2, 0) is 4.79 Å². The zero-order chi connectivity index (χ0) is 9.68. The SMILES string of the molecule is CCNC[C@H]1CC[C@H](C(=O)O)CC1. The highest BCUT2D eigenvalue weighted by atomic mass is 16.4. The van der Waals surface area contributed by atoms with Crippen molar-refractivity contribution < 1.29 is 9.90 Å². The van der Waals surface area contributed by atoms with E-state index in [0.717, 1.165) is 38.8 Å². The van der Waals surface area contributed by atoms with Gasteiger partial charge in [0.15, 0.2) is 0 Å². The molecule has 0 heterocycles. The van der Waals surface area contributed by atoms with Gasteiger partial charge in [0.2, 0.25) is 0 Å². The first-order valence-corrected chi connectivity index (χ1v) is 5.17. The van der Waals surface area contributed by atoms with Gasteiger partial charge in [-0.15, -0.1) is 0 Å². The first-order chi connectivity index (χ1) is 6.24. The lowest BCUT2D eigenvalue weighted by molar-refractivity contribution is -0.143. The van der Waals surface area contributed by atoms with E-state index in [9.17, 15) is 4.79 Å². The standard InChI is InChI=1S/C10H19NO2/c1-2-11-7-8-3-5-9(6-4-8)10(12)13/h8-9,11H,2-7H2,1H3,(H,12,13)/t8-,9-. The van der Waals surface area contributed by atoms with E-state index in [1.807, 2.05) is 0 Å². The van der Waals surface area contributed by atoms with Crippen molar-refractivity contribution in [2.45, 2.75) is 32.6 Å². The molecule has 0 amide bonds. The molecule has 1 aliphatic rings. The van der Waals surface area contributed by atoms with Gasteiger partial charge in [-0.1, -0.05) is 6.92 Å². The number of rotatable bonds is 4. The Bertz CT molecular complexity index is 162. The van der Waals surface area contributed by atoms with Crippen LogP contribution in [0.3, 0.4) is 0 Å². The number of nitrogens with one attached hydrogen (secondary N) is 1. The number of carboxylic acids is 1. The van der Waals surface area contributed by atoms with Crippen molar-refractivity contribution in [1.82, 2.24) is 5.32 Å². The Morgan fingerprint density at radius 1 is 1.38 bits per heavy atom. The Labute approximate surface area is 79.5 Å². The average Bonchev–Trinajstić information content (AvgIpc) is 2.15. The van der Waals surface area contributed by atoms with E-state index in [0.29, 0.717) is 5.92 Å². The number of carbonyl (C=O) groups is 1. The monoisotopic (exact) mass is 185 g/mol. The summed E-state index contributed by atoms with van der Waals surface area (Å²) in [5, 5.41) is 12.1. The van der Waals surface area contributed by atoms with Gasteiger partial charge in [-0.25, -0.2) is 0 Å². The van der Waals surface area contributed by atoms with Gasteiger partial charge in [-0.05, 0) is 44.7 Å². The van der Waals surface area contributed by atoms with Crippen molar-refractivity contribution in [3.05, 3.63) is 0 Å². The van der Waals surface area contributed by atoms with Crippen LogP contribution in [0.25, 0.3) is 0 Å². The summed E-state index contributed by atoms with van der Waals surface area (Å²) in [7, 11) is 0. The molecule has 0 atom stereocenters. The van der Waals surface area contributed by atoms with Gasteiger partial charge in [0.05, 0.1) is 5.92 Å². The number of hydrogen-bond acceptors (Lipinski definition) is 2. The Morgan fingerprint density at radius 2 is 2.00 bits per heavy atom. The molecule has 1 rings (SSSR count). The molecule has 1 fully saturated rings. The summed E-state index contributed by atoms with van der Waals surface area (Å²) >= 11 is 0. The number of hydrogen-bond donors (Lipinski definition) is 2. The molecule has 13 heavy (non-hydrogen) atoms. The van der Waals surface area contributed by atoms with E-state index in [-0.39, 0.29) is 5.92 Å². The molecule has 0 aromatic heterocycles. The summed E-state index contributed by atoms with van der Waals surface area (Å²) in [6.45, 7) is 4.17. The molecule has 0 aromatic rings. The molecule has 2 N–H and O–H groups in total. The molecular weight excluding hydrogens is 166 g/mol. The molecule has 0 saturated heterocycles. The molecule has 1 aliphatic carbocycles. The van der Waals surface area contributed by atoms with Crippen LogP contribution in [-0.4, -0.2) is 24.2 Å². The minimum atomic E-state index is -0.609. The normalized spacial score (nSPS) is 28.7. The van der Waals surface area contributed by atoms with Crippen LogP contribution in [0, 0.1) is 11.8 Å². The van der Waals surface area contributed by atoms with Crippen molar-refractivity contribution in [1.29, 1.82) is 0 Å². The van der Waals surface area contributed by atoms with E-state index in [4.69, 9.17) is 5.11 Å². The van der Waals surface area contributed by atoms with Gasteiger partial charge in [-0.2, -0.15) is 0 Å².